The number of hydrogen-bond donors (Lipinski definition) is 0. The summed E-state index contributed by atoms with van der Waals surface area (Å²) in [6.07, 6.45) is -3.57. The second-order valence-electron chi connectivity index (χ2n) is 11.6. The number of rotatable bonds is 5. The van der Waals surface area contributed by atoms with Crippen LogP contribution in [-0.2, 0) is 9.59 Å². The van der Waals surface area contributed by atoms with Crippen molar-refractivity contribution in [2.75, 3.05) is 4.90 Å². The summed E-state index contributed by atoms with van der Waals surface area (Å²) < 4.78 is 37.8. The van der Waals surface area contributed by atoms with E-state index in [4.69, 9.17) is 0 Å². The molecule has 0 spiro atoms. The van der Waals surface area contributed by atoms with Crippen molar-refractivity contribution >= 4 is 62.8 Å². The Morgan fingerprint density at radius 3 is 1.93 bits per heavy atom. The molecule has 4 atom stereocenters. The lowest BCUT2D eigenvalue weighted by atomic mass is 9.78. The topological polar surface area (TPSA) is 75.5 Å². The number of aromatic nitrogens is 2. The van der Waals surface area contributed by atoms with Crippen LogP contribution in [0.3, 0.4) is 0 Å². The zero-order valence-electron chi connectivity index (χ0n) is 24.1. The van der Waals surface area contributed by atoms with Crippen molar-refractivity contribution in [1.82, 2.24) is 8.75 Å². The zero-order valence-corrected chi connectivity index (χ0v) is 24.9. The van der Waals surface area contributed by atoms with Gasteiger partial charge in [0, 0.05) is 35.0 Å². The molecule has 0 amide bonds. The van der Waals surface area contributed by atoms with Gasteiger partial charge in [-0.25, -0.2) is 13.8 Å². The quantitative estimate of drug-likeness (QED) is 0.188. The van der Waals surface area contributed by atoms with Crippen LogP contribution in [0.1, 0.15) is 24.0 Å². The Balaban J connectivity index is 1.24. The van der Waals surface area contributed by atoms with Crippen LogP contribution in [0.5, 0.6) is 0 Å². The second-order valence-corrected chi connectivity index (χ2v) is 12.1. The van der Waals surface area contributed by atoms with Gasteiger partial charge in [-0.15, -0.1) is 0 Å². The summed E-state index contributed by atoms with van der Waals surface area (Å²) in [4.78, 5) is 32.1. The summed E-state index contributed by atoms with van der Waals surface area (Å²) in [6.45, 7) is 4.13. The van der Waals surface area contributed by atoms with E-state index in [-0.39, 0.29) is 18.6 Å². The van der Waals surface area contributed by atoms with Gasteiger partial charge in [0.05, 0.1) is 29.0 Å². The van der Waals surface area contributed by atoms with Crippen LogP contribution < -0.4 is 4.90 Å². The highest BCUT2D eigenvalue weighted by atomic mass is 32.1. The van der Waals surface area contributed by atoms with Crippen LogP contribution in [0.2, 0.25) is 0 Å². The number of carbonyl (C=O) groups is 2. The van der Waals surface area contributed by atoms with Crippen molar-refractivity contribution in [3.05, 3.63) is 96.1 Å². The fourth-order valence-corrected chi connectivity index (χ4v) is 6.87. The first-order valence-corrected chi connectivity index (χ1v) is 15.3. The molecule has 2 fully saturated rings. The van der Waals surface area contributed by atoms with Crippen LogP contribution in [0.15, 0.2) is 89.9 Å². The lowest BCUT2D eigenvalue weighted by Crippen LogP contribution is -2.36. The minimum atomic E-state index is -1.69. The van der Waals surface area contributed by atoms with Gasteiger partial charge in [-0.05, 0) is 74.4 Å². The summed E-state index contributed by atoms with van der Waals surface area (Å²) in [7, 11) is 0. The highest BCUT2D eigenvalue weighted by Crippen LogP contribution is 2.42. The second kappa shape index (κ2) is 11.1. The maximum atomic E-state index is 14.6. The molecule has 2 aliphatic rings. The molecular weight excluding hydrogens is 578 g/mol. The number of ketones is 2. The number of aryl methyl sites for hydroxylation is 2. The first-order valence-electron chi connectivity index (χ1n) is 14.5. The summed E-state index contributed by atoms with van der Waals surface area (Å²) >= 11 is 1.01. The Labute approximate surface area is 257 Å². The Morgan fingerprint density at radius 1 is 0.750 bits per heavy atom. The number of fused-ring (bicyclic) bond motifs is 2. The first-order chi connectivity index (χ1) is 21.3. The highest BCUT2D eigenvalue weighted by molar-refractivity contribution is 7.00. The number of aliphatic imine (C=N–C) groups is 1. The van der Waals surface area contributed by atoms with E-state index in [1.54, 1.807) is 6.07 Å². The largest absolute Gasteiger partial charge is 0.311 e. The molecule has 0 N–H and O–H groups in total. The summed E-state index contributed by atoms with van der Waals surface area (Å²) in [6, 6.07) is 28.5. The maximum absolute atomic E-state index is 14.6. The predicted octanol–water partition coefficient (Wildman–Crippen LogP) is 8.37. The van der Waals surface area contributed by atoms with Gasteiger partial charge < -0.3 is 4.90 Å². The van der Waals surface area contributed by atoms with Crippen LogP contribution in [-0.4, -0.2) is 38.4 Å². The number of carbonyl (C=O) groups excluding carboxylic acids is 2. The lowest BCUT2D eigenvalue weighted by Gasteiger charge is -2.29. The molecule has 2 saturated carbocycles. The molecular formula is C35H28F2N4O2S. The van der Waals surface area contributed by atoms with E-state index in [0.29, 0.717) is 16.7 Å². The Bertz CT molecular complexity index is 1870. The Hall–Kier alpha value is -4.63. The van der Waals surface area contributed by atoms with E-state index < -0.39 is 35.7 Å². The molecule has 2 aliphatic carbocycles. The highest BCUT2D eigenvalue weighted by Gasteiger charge is 2.54. The molecule has 4 aromatic carbocycles. The normalized spacial score (nSPS) is 22.5. The minimum absolute atomic E-state index is 0.0799. The van der Waals surface area contributed by atoms with Gasteiger partial charge in [0.1, 0.15) is 23.4 Å². The van der Waals surface area contributed by atoms with E-state index >= 15 is 0 Å². The molecule has 0 saturated heterocycles. The third kappa shape index (κ3) is 4.91. The van der Waals surface area contributed by atoms with E-state index in [0.717, 1.165) is 39.9 Å². The summed E-state index contributed by atoms with van der Waals surface area (Å²) in [5.41, 5.74) is 8.53. The molecule has 7 rings (SSSR count). The van der Waals surface area contributed by atoms with Crippen LogP contribution in [0.25, 0.3) is 22.2 Å². The van der Waals surface area contributed by atoms with Crippen molar-refractivity contribution in [3.63, 3.8) is 0 Å². The number of nitrogens with zero attached hydrogens (tertiary/aromatic N) is 4. The molecule has 5 aromatic rings. The van der Waals surface area contributed by atoms with Gasteiger partial charge in [0.25, 0.3) is 0 Å². The fourth-order valence-electron chi connectivity index (χ4n) is 6.30. The SMILES string of the molecule is Cc1ccc(N(c2ccc(C)cc2)c2ccc(-c3ccc(N=C4C(=O)C(=O)C5C(F)CC(F)CC45)c4nsnc34)cc2)cc1. The number of Topliss-reactive ketones (excluding diaryl/α,β-unsaturated/α-hetero) is 2. The number of anilines is 3. The molecule has 1 heterocycles. The van der Waals surface area contributed by atoms with Crippen LogP contribution in [0.4, 0.5) is 31.5 Å². The van der Waals surface area contributed by atoms with Gasteiger partial charge in [-0.2, -0.15) is 8.75 Å². The first kappa shape index (κ1) is 28.2. The molecule has 0 radical (unpaired) electrons. The average molecular weight is 607 g/mol. The fraction of sp³-hybridized carbons (Fsp3) is 0.229. The molecule has 9 heteroatoms. The number of benzene rings is 4. The summed E-state index contributed by atoms with van der Waals surface area (Å²) in [5.74, 6) is -3.68. The van der Waals surface area contributed by atoms with Crippen molar-refractivity contribution in [2.45, 2.75) is 39.0 Å². The van der Waals surface area contributed by atoms with Crippen LogP contribution >= 0.6 is 11.7 Å². The van der Waals surface area contributed by atoms with E-state index in [9.17, 15) is 18.4 Å². The van der Waals surface area contributed by atoms with Crippen molar-refractivity contribution in [1.29, 1.82) is 0 Å². The number of hydrogen-bond acceptors (Lipinski definition) is 7. The minimum Gasteiger partial charge on any atom is -0.311 e. The Kier molecular flexibility index (Phi) is 7.13. The molecule has 0 aliphatic heterocycles. The molecule has 4 unspecified atom stereocenters. The molecule has 6 nitrogen and oxygen atoms in total. The van der Waals surface area contributed by atoms with Crippen LogP contribution in [0, 0.1) is 25.7 Å². The van der Waals surface area contributed by atoms with Crippen molar-refractivity contribution in [3.8, 4) is 11.1 Å². The van der Waals surface area contributed by atoms with Crippen molar-refractivity contribution in [2.24, 2.45) is 16.8 Å². The lowest BCUT2D eigenvalue weighted by molar-refractivity contribution is -0.136. The smallest absolute Gasteiger partial charge is 0.243 e. The standard InChI is InChI=1S/C35H28F2N4O2S/c1-19-3-9-23(10-4-19)41(24-11-5-20(2)6-12-24)25-13-7-21(8-14-25)26-15-16-29(33-31(26)39-44-40-33)38-32-27-17-22(36)18-28(37)30(27)34(42)35(32)43/h3-16,22,27-28,30H,17-18H2,1-2H3. The van der Waals surface area contributed by atoms with Gasteiger partial charge in [-0.1, -0.05) is 47.5 Å². The monoisotopic (exact) mass is 606 g/mol. The molecule has 44 heavy (non-hydrogen) atoms. The van der Waals surface area contributed by atoms with E-state index in [1.807, 2.05) is 18.2 Å². The van der Waals surface area contributed by atoms with Gasteiger partial charge in [0.2, 0.25) is 11.6 Å². The van der Waals surface area contributed by atoms with Gasteiger partial charge in [-0.3, -0.25) is 9.59 Å². The van der Waals surface area contributed by atoms with E-state index in [2.05, 4.69) is 93.2 Å². The predicted molar refractivity (Wildman–Crippen MR) is 170 cm³/mol. The third-order valence-corrected chi connectivity index (χ3v) is 9.11. The molecule has 1 aromatic heterocycles. The van der Waals surface area contributed by atoms with E-state index in [1.165, 1.54) is 11.1 Å². The Morgan fingerprint density at radius 2 is 1.32 bits per heavy atom. The van der Waals surface area contributed by atoms with Gasteiger partial charge in [0.15, 0.2) is 0 Å². The molecule has 0 bridgehead atoms. The van der Waals surface area contributed by atoms with Crippen molar-refractivity contribution < 1.29 is 18.4 Å². The van der Waals surface area contributed by atoms with Gasteiger partial charge >= 0.3 is 0 Å². The third-order valence-electron chi connectivity index (χ3n) is 8.58. The maximum Gasteiger partial charge on any atom is 0.243 e. The zero-order chi connectivity index (χ0) is 30.5. The average Bonchev–Trinajstić information content (AvgIpc) is 3.60. The number of halogens is 2. The number of alkyl halides is 2. The summed E-state index contributed by atoms with van der Waals surface area (Å²) in [5, 5.41) is 0. The molecule has 220 valence electrons.